The molecule has 2 aromatic rings. The molecule has 21 heavy (non-hydrogen) atoms. The first-order valence-corrected chi connectivity index (χ1v) is 7.00. The van der Waals surface area contributed by atoms with E-state index in [4.69, 9.17) is 11.6 Å². The highest BCUT2D eigenvalue weighted by Crippen LogP contribution is 2.14. The van der Waals surface area contributed by atoms with Crippen LogP contribution in [0.25, 0.3) is 0 Å². The minimum Gasteiger partial charge on any atom is -0.352 e. The molecule has 2 aromatic carbocycles. The Morgan fingerprint density at radius 2 is 1.57 bits per heavy atom. The van der Waals surface area contributed by atoms with Crippen molar-refractivity contribution in [3.05, 3.63) is 70.5 Å². The molecule has 0 aliphatic heterocycles. The van der Waals surface area contributed by atoms with Gasteiger partial charge in [-0.2, -0.15) is 0 Å². The van der Waals surface area contributed by atoms with Gasteiger partial charge in [0.25, 0.3) is 0 Å². The second-order valence-electron chi connectivity index (χ2n) is 4.46. The van der Waals surface area contributed by atoms with Crippen LogP contribution < -0.4 is 10.6 Å². The van der Waals surface area contributed by atoms with Crippen LogP contribution in [0.4, 0.5) is 4.39 Å². The lowest BCUT2D eigenvalue weighted by molar-refractivity contribution is 0.604. The summed E-state index contributed by atoms with van der Waals surface area (Å²) in [7, 11) is 1.67. The van der Waals surface area contributed by atoms with Crippen LogP contribution in [0.3, 0.4) is 0 Å². The fourth-order valence-corrected chi connectivity index (χ4v) is 2.06. The molecule has 0 spiro atoms. The Morgan fingerprint density at radius 1 is 1.00 bits per heavy atom. The second-order valence-corrected chi connectivity index (χ2v) is 4.87. The molecule has 0 saturated carbocycles. The van der Waals surface area contributed by atoms with Crippen LogP contribution in [0, 0.1) is 5.82 Å². The van der Waals surface area contributed by atoms with Gasteiger partial charge in [0.15, 0.2) is 5.96 Å². The first-order chi connectivity index (χ1) is 10.2. The minimum atomic E-state index is -0.230. The number of nitrogens with one attached hydrogen (secondary N) is 2. The van der Waals surface area contributed by atoms with Gasteiger partial charge in [0, 0.05) is 30.7 Å². The predicted octanol–water partition coefficient (Wildman–Crippen LogP) is 3.34. The molecule has 0 amide bonds. The van der Waals surface area contributed by atoms with Gasteiger partial charge in [-0.1, -0.05) is 48.0 Å². The van der Waals surface area contributed by atoms with E-state index in [0.717, 1.165) is 5.56 Å². The summed E-state index contributed by atoms with van der Waals surface area (Å²) < 4.78 is 13.5. The smallest absolute Gasteiger partial charge is 0.191 e. The Hall–Kier alpha value is -2.07. The predicted molar refractivity (Wildman–Crippen MR) is 84.9 cm³/mol. The number of aliphatic imine (C=N–C) groups is 1. The molecule has 0 aromatic heterocycles. The largest absolute Gasteiger partial charge is 0.352 e. The average Bonchev–Trinajstić information content (AvgIpc) is 2.50. The van der Waals surface area contributed by atoms with Crippen LogP contribution in [0.1, 0.15) is 11.1 Å². The third-order valence-electron chi connectivity index (χ3n) is 3.03. The fourth-order valence-electron chi connectivity index (χ4n) is 1.86. The number of hydrogen-bond acceptors (Lipinski definition) is 1. The highest BCUT2D eigenvalue weighted by atomic mass is 35.5. The monoisotopic (exact) mass is 305 g/mol. The topological polar surface area (TPSA) is 36.4 Å². The van der Waals surface area contributed by atoms with Crippen molar-refractivity contribution in [2.24, 2.45) is 4.99 Å². The van der Waals surface area contributed by atoms with E-state index < -0.39 is 0 Å². The molecule has 0 saturated heterocycles. The molecule has 0 fully saturated rings. The van der Waals surface area contributed by atoms with Crippen LogP contribution in [-0.2, 0) is 13.1 Å². The van der Waals surface area contributed by atoms with Crippen molar-refractivity contribution in [1.82, 2.24) is 10.6 Å². The zero-order valence-corrected chi connectivity index (χ0v) is 12.5. The van der Waals surface area contributed by atoms with E-state index in [1.807, 2.05) is 24.3 Å². The summed E-state index contributed by atoms with van der Waals surface area (Å²) in [6, 6.07) is 14.3. The zero-order valence-electron chi connectivity index (χ0n) is 11.7. The molecule has 0 unspecified atom stereocenters. The molecule has 0 heterocycles. The molecular formula is C16H17ClFN3. The second kappa shape index (κ2) is 7.64. The summed E-state index contributed by atoms with van der Waals surface area (Å²) >= 11 is 6.09. The maximum Gasteiger partial charge on any atom is 0.191 e. The highest BCUT2D eigenvalue weighted by molar-refractivity contribution is 6.31. The minimum absolute atomic E-state index is 0.230. The molecule has 0 aliphatic rings. The van der Waals surface area contributed by atoms with Crippen molar-refractivity contribution in [3.63, 3.8) is 0 Å². The van der Waals surface area contributed by atoms with E-state index in [1.165, 1.54) is 6.07 Å². The van der Waals surface area contributed by atoms with Gasteiger partial charge < -0.3 is 10.6 Å². The Labute approximate surface area is 128 Å². The van der Waals surface area contributed by atoms with Gasteiger partial charge in [0.1, 0.15) is 5.82 Å². The molecule has 0 radical (unpaired) electrons. The molecule has 3 nitrogen and oxygen atoms in total. The maximum absolute atomic E-state index is 13.5. The van der Waals surface area contributed by atoms with Gasteiger partial charge >= 0.3 is 0 Å². The van der Waals surface area contributed by atoms with Gasteiger partial charge in [0.05, 0.1) is 0 Å². The zero-order chi connectivity index (χ0) is 15.1. The van der Waals surface area contributed by atoms with Crippen LogP contribution in [-0.4, -0.2) is 13.0 Å². The van der Waals surface area contributed by atoms with Gasteiger partial charge in [-0.15, -0.1) is 0 Å². The normalized spacial score (nSPS) is 11.3. The lowest BCUT2D eigenvalue weighted by Crippen LogP contribution is -2.36. The highest BCUT2D eigenvalue weighted by Gasteiger charge is 2.04. The summed E-state index contributed by atoms with van der Waals surface area (Å²) in [6.07, 6.45) is 0. The van der Waals surface area contributed by atoms with E-state index in [2.05, 4.69) is 15.6 Å². The van der Waals surface area contributed by atoms with Gasteiger partial charge in [-0.05, 0) is 17.7 Å². The maximum atomic E-state index is 13.5. The lowest BCUT2D eigenvalue weighted by atomic mass is 10.2. The SMILES string of the molecule is CN=C(NCc1ccccc1F)NCc1ccccc1Cl. The number of nitrogens with zero attached hydrogens (tertiary/aromatic N) is 1. The number of guanidine groups is 1. The number of rotatable bonds is 4. The van der Waals surface area contributed by atoms with Gasteiger partial charge in [-0.3, -0.25) is 4.99 Å². The fraction of sp³-hybridized carbons (Fsp3) is 0.188. The van der Waals surface area contributed by atoms with Crippen molar-refractivity contribution in [3.8, 4) is 0 Å². The summed E-state index contributed by atoms with van der Waals surface area (Å²) in [5.41, 5.74) is 1.58. The first-order valence-electron chi connectivity index (χ1n) is 6.62. The van der Waals surface area contributed by atoms with Crippen LogP contribution in [0.2, 0.25) is 5.02 Å². The van der Waals surface area contributed by atoms with Gasteiger partial charge in [-0.25, -0.2) is 4.39 Å². The molecule has 0 aliphatic carbocycles. The van der Waals surface area contributed by atoms with Crippen LogP contribution >= 0.6 is 11.6 Å². The van der Waals surface area contributed by atoms with E-state index >= 15 is 0 Å². The number of benzene rings is 2. The van der Waals surface area contributed by atoms with E-state index in [1.54, 1.807) is 25.2 Å². The molecular weight excluding hydrogens is 289 g/mol. The van der Waals surface area contributed by atoms with Crippen LogP contribution in [0.15, 0.2) is 53.5 Å². The van der Waals surface area contributed by atoms with Crippen molar-refractivity contribution >= 4 is 17.6 Å². The van der Waals surface area contributed by atoms with E-state index in [0.29, 0.717) is 29.6 Å². The summed E-state index contributed by atoms with van der Waals surface area (Å²) in [4.78, 5) is 4.11. The van der Waals surface area contributed by atoms with Crippen molar-refractivity contribution in [1.29, 1.82) is 0 Å². The van der Waals surface area contributed by atoms with Crippen molar-refractivity contribution < 1.29 is 4.39 Å². The first kappa shape index (κ1) is 15.3. The van der Waals surface area contributed by atoms with E-state index in [9.17, 15) is 4.39 Å². The Kier molecular flexibility index (Phi) is 5.58. The van der Waals surface area contributed by atoms with Crippen molar-refractivity contribution in [2.75, 3.05) is 7.05 Å². The summed E-state index contributed by atoms with van der Waals surface area (Å²) in [5, 5.41) is 6.92. The van der Waals surface area contributed by atoms with Gasteiger partial charge in [0.2, 0.25) is 0 Å². The quantitative estimate of drug-likeness (QED) is 0.671. The molecule has 2 N–H and O–H groups in total. The third kappa shape index (κ3) is 4.46. The molecule has 0 bridgehead atoms. The van der Waals surface area contributed by atoms with Crippen LogP contribution in [0.5, 0.6) is 0 Å². The molecule has 0 atom stereocenters. The molecule has 2 rings (SSSR count). The standard InChI is InChI=1S/C16H17ClFN3/c1-19-16(20-10-12-6-2-4-8-14(12)17)21-11-13-7-3-5-9-15(13)18/h2-9H,10-11H2,1H3,(H2,19,20,21). The number of hydrogen-bond donors (Lipinski definition) is 2. The molecule has 5 heteroatoms. The Balaban J connectivity index is 1.90. The lowest BCUT2D eigenvalue weighted by Gasteiger charge is -2.13. The Bertz CT molecular complexity index is 577. The summed E-state index contributed by atoms with van der Waals surface area (Å²) in [5.74, 6) is 0.365. The number of halogens is 2. The molecule has 110 valence electrons. The third-order valence-corrected chi connectivity index (χ3v) is 3.40. The average molecular weight is 306 g/mol. The van der Waals surface area contributed by atoms with Crippen molar-refractivity contribution in [2.45, 2.75) is 13.1 Å². The summed E-state index contributed by atoms with van der Waals surface area (Å²) in [6.45, 7) is 0.922. The van der Waals surface area contributed by atoms with E-state index in [-0.39, 0.29) is 5.82 Å². The Morgan fingerprint density at radius 3 is 2.19 bits per heavy atom.